The van der Waals surface area contributed by atoms with Crippen LogP contribution in [0.15, 0.2) is 42.5 Å². The van der Waals surface area contributed by atoms with E-state index < -0.39 is 19.3 Å². The minimum absolute atomic E-state index is 0.0683. The van der Waals surface area contributed by atoms with E-state index in [1.807, 2.05) is 0 Å². The van der Waals surface area contributed by atoms with Gasteiger partial charge in [-0.2, -0.15) is 25.8 Å². The third-order valence-electron chi connectivity index (χ3n) is 5.35. The Labute approximate surface area is 195 Å². The number of alkyl halides is 3. The maximum Gasteiger partial charge on any atom is 0.417 e. The van der Waals surface area contributed by atoms with Gasteiger partial charge in [-0.1, -0.05) is 29.8 Å². The Kier molecular flexibility index (Phi) is 7.99. The van der Waals surface area contributed by atoms with E-state index in [4.69, 9.17) is 16.1 Å². The lowest BCUT2D eigenvalue weighted by atomic mass is 10.00. The molecule has 32 heavy (non-hydrogen) atoms. The van der Waals surface area contributed by atoms with E-state index in [0.717, 1.165) is 6.07 Å². The van der Waals surface area contributed by atoms with Gasteiger partial charge in [0.25, 0.3) is 13.4 Å². The topological polar surface area (TPSA) is 58.6 Å². The summed E-state index contributed by atoms with van der Waals surface area (Å²) in [5.74, 6) is -0.250. The second-order valence-corrected chi connectivity index (χ2v) is 10.6. The molecule has 1 amide bonds. The Bertz CT molecular complexity index is 1030. The van der Waals surface area contributed by atoms with E-state index in [1.54, 1.807) is 35.6 Å². The number of nitrogens with zero attached hydrogens (tertiary/aromatic N) is 1. The summed E-state index contributed by atoms with van der Waals surface area (Å²) < 4.78 is 59.0. The van der Waals surface area contributed by atoms with E-state index in [1.165, 1.54) is 12.1 Å². The van der Waals surface area contributed by atoms with Crippen molar-refractivity contribution >= 4 is 37.7 Å². The van der Waals surface area contributed by atoms with Crippen molar-refractivity contribution in [2.45, 2.75) is 25.1 Å². The molecule has 1 fully saturated rings. The van der Waals surface area contributed by atoms with Gasteiger partial charge in [-0.15, -0.1) is 0 Å². The number of hydrogen-bond donors (Lipinski definition) is 2. The summed E-state index contributed by atoms with van der Waals surface area (Å²) in [6.07, 6.45) is -3.37. The number of nitrogens with one attached hydrogen (secondary N) is 1. The molecule has 174 valence electrons. The van der Waals surface area contributed by atoms with E-state index in [0.29, 0.717) is 42.6 Å². The molecule has 1 aliphatic heterocycles. The highest BCUT2D eigenvalue weighted by Gasteiger charge is 2.33. The second kappa shape index (κ2) is 10.2. The zero-order chi connectivity index (χ0) is 23.5. The van der Waals surface area contributed by atoms with Crippen molar-refractivity contribution in [2.75, 3.05) is 25.7 Å². The Morgan fingerprint density at radius 3 is 2.50 bits per heavy atom. The van der Waals surface area contributed by atoms with Crippen LogP contribution in [0.25, 0.3) is 11.1 Å². The van der Waals surface area contributed by atoms with Gasteiger partial charge in [-0.05, 0) is 48.2 Å². The van der Waals surface area contributed by atoms with Crippen LogP contribution in [0.3, 0.4) is 0 Å². The standard InChI is InChI=1S/C21H23ClF3N2O3PS/c1-31(29,30-13-32)27-9-7-17(8-10-27)26-20(28)16-4-2-3-14(11-16)15-5-6-19(22)18(12-15)21(23,24)25/h2-6,11-12,17,32H,7-10,13H2,1H3,(H,26,28). The average molecular weight is 507 g/mol. The number of amides is 1. The molecule has 1 heterocycles. The van der Waals surface area contributed by atoms with Gasteiger partial charge in [0.05, 0.1) is 16.5 Å². The van der Waals surface area contributed by atoms with Crippen molar-refractivity contribution in [3.05, 3.63) is 58.6 Å². The predicted molar refractivity (Wildman–Crippen MR) is 122 cm³/mol. The minimum atomic E-state index is -4.57. The van der Waals surface area contributed by atoms with Crippen LogP contribution in [-0.4, -0.2) is 42.3 Å². The molecule has 2 aromatic carbocycles. The van der Waals surface area contributed by atoms with Gasteiger partial charge in [0.2, 0.25) is 0 Å². The van der Waals surface area contributed by atoms with Crippen molar-refractivity contribution in [2.24, 2.45) is 0 Å². The number of rotatable bonds is 6. The monoisotopic (exact) mass is 506 g/mol. The molecule has 1 atom stereocenters. The Morgan fingerprint density at radius 1 is 1.22 bits per heavy atom. The number of halogens is 4. The van der Waals surface area contributed by atoms with Gasteiger partial charge in [-0.25, -0.2) is 4.67 Å². The molecular weight excluding hydrogens is 484 g/mol. The third kappa shape index (κ3) is 6.08. The quantitative estimate of drug-likeness (QED) is 0.289. The molecule has 0 saturated carbocycles. The van der Waals surface area contributed by atoms with E-state index >= 15 is 0 Å². The normalized spacial score (nSPS) is 17.7. The van der Waals surface area contributed by atoms with E-state index in [9.17, 15) is 22.5 Å². The molecule has 1 aliphatic rings. The molecule has 2 aromatic rings. The van der Waals surface area contributed by atoms with Crippen LogP contribution < -0.4 is 5.32 Å². The average Bonchev–Trinajstić information content (AvgIpc) is 2.73. The fourth-order valence-corrected chi connectivity index (χ4v) is 5.80. The molecule has 1 saturated heterocycles. The zero-order valence-electron chi connectivity index (χ0n) is 17.2. The van der Waals surface area contributed by atoms with Gasteiger partial charge in [0.1, 0.15) is 0 Å². The number of piperidine rings is 1. The Balaban J connectivity index is 1.69. The largest absolute Gasteiger partial charge is 0.417 e. The maximum absolute atomic E-state index is 13.2. The van der Waals surface area contributed by atoms with Crippen LogP contribution in [0.2, 0.25) is 5.02 Å². The Morgan fingerprint density at radius 2 is 1.88 bits per heavy atom. The van der Waals surface area contributed by atoms with Gasteiger partial charge >= 0.3 is 6.18 Å². The van der Waals surface area contributed by atoms with Crippen LogP contribution in [0.1, 0.15) is 28.8 Å². The molecule has 1 N–H and O–H groups in total. The predicted octanol–water partition coefficient (Wildman–Crippen LogP) is 5.95. The highest BCUT2D eigenvalue weighted by atomic mass is 35.5. The first kappa shape index (κ1) is 25.1. The van der Waals surface area contributed by atoms with Gasteiger partial charge in [-0.3, -0.25) is 9.36 Å². The molecule has 3 rings (SSSR count). The van der Waals surface area contributed by atoms with Crippen LogP contribution in [0.5, 0.6) is 0 Å². The molecule has 11 heteroatoms. The lowest BCUT2D eigenvalue weighted by molar-refractivity contribution is -0.137. The van der Waals surface area contributed by atoms with E-state index in [2.05, 4.69) is 17.9 Å². The molecule has 5 nitrogen and oxygen atoms in total. The van der Waals surface area contributed by atoms with Crippen molar-refractivity contribution < 1.29 is 27.1 Å². The summed E-state index contributed by atoms with van der Waals surface area (Å²) in [5, 5.41) is 2.57. The smallest absolute Gasteiger partial charge is 0.349 e. The van der Waals surface area contributed by atoms with Gasteiger partial charge in [0.15, 0.2) is 0 Å². The van der Waals surface area contributed by atoms with Gasteiger partial charge < -0.3 is 9.84 Å². The number of hydrogen-bond acceptors (Lipinski definition) is 4. The summed E-state index contributed by atoms with van der Waals surface area (Å²) in [6, 6.07) is 9.97. The van der Waals surface area contributed by atoms with Crippen LogP contribution in [0, 0.1) is 0 Å². The van der Waals surface area contributed by atoms with Crippen molar-refractivity contribution in [3.63, 3.8) is 0 Å². The van der Waals surface area contributed by atoms with Crippen molar-refractivity contribution in [1.82, 2.24) is 9.99 Å². The molecule has 0 aromatic heterocycles. The molecule has 0 radical (unpaired) electrons. The fraction of sp³-hybridized carbons (Fsp3) is 0.381. The molecule has 0 bridgehead atoms. The SMILES string of the molecule is CP(=O)(OCS)N1CCC(NC(=O)c2cccc(-c3ccc(Cl)c(C(F)(F)F)c3)c2)CC1. The summed E-state index contributed by atoms with van der Waals surface area (Å²) in [6.45, 7) is 2.57. The summed E-state index contributed by atoms with van der Waals surface area (Å²) in [5.41, 5.74) is 0.208. The molecule has 0 aliphatic carbocycles. The highest BCUT2D eigenvalue weighted by Crippen LogP contribution is 2.48. The number of carbonyl (C=O) groups excluding carboxylic acids is 1. The minimum Gasteiger partial charge on any atom is -0.349 e. The maximum atomic E-state index is 13.2. The lowest BCUT2D eigenvalue weighted by Gasteiger charge is -2.35. The number of thiol groups is 1. The first-order valence-corrected chi connectivity index (χ1v) is 12.9. The number of benzene rings is 2. The highest BCUT2D eigenvalue weighted by molar-refractivity contribution is 7.80. The number of carbonyl (C=O) groups is 1. The zero-order valence-corrected chi connectivity index (χ0v) is 19.8. The lowest BCUT2D eigenvalue weighted by Crippen LogP contribution is -2.43. The molecule has 0 spiro atoms. The van der Waals surface area contributed by atoms with Crippen LogP contribution in [-0.2, 0) is 15.3 Å². The summed E-state index contributed by atoms with van der Waals surface area (Å²) >= 11 is 9.65. The molecular formula is C21H23ClF3N2O3PS. The first-order chi connectivity index (χ1) is 15.0. The third-order valence-corrected chi connectivity index (χ3v) is 8.05. The summed E-state index contributed by atoms with van der Waals surface area (Å²) in [4.78, 5) is 12.7. The van der Waals surface area contributed by atoms with Crippen LogP contribution in [0.4, 0.5) is 13.2 Å². The van der Waals surface area contributed by atoms with Crippen molar-refractivity contribution in [1.29, 1.82) is 0 Å². The fourth-order valence-electron chi connectivity index (χ4n) is 3.59. The first-order valence-electron chi connectivity index (χ1n) is 9.87. The van der Waals surface area contributed by atoms with Crippen LogP contribution >= 0.6 is 31.7 Å². The second-order valence-electron chi connectivity index (χ2n) is 7.54. The summed E-state index contributed by atoms with van der Waals surface area (Å²) in [7, 11) is -2.89. The Hall–Kier alpha value is -1.51. The molecule has 1 unspecified atom stereocenters. The van der Waals surface area contributed by atoms with E-state index in [-0.39, 0.29) is 22.9 Å². The van der Waals surface area contributed by atoms with Crippen molar-refractivity contribution in [3.8, 4) is 11.1 Å². The van der Waals surface area contributed by atoms with Gasteiger partial charge in [0, 0.05) is 31.4 Å².